The molecule has 2 aromatic heterocycles. The summed E-state index contributed by atoms with van der Waals surface area (Å²) in [6.45, 7) is 7.88. The highest BCUT2D eigenvalue weighted by Crippen LogP contribution is 2.33. The third kappa shape index (κ3) is 8.00. The van der Waals surface area contributed by atoms with Gasteiger partial charge in [0.15, 0.2) is 0 Å². The summed E-state index contributed by atoms with van der Waals surface area (Å²) in [6.07, 6.45) is 6.29. The van der Waals surface area contributed by atoms with E-state index in [0.717, 1.165) is 88.9 Å². The van der Waals surface area contributed by atoms with Crippen LogP contribution in [0.3, 0.4) is 0 Å². The van der Waals surface area contributed by atoms with Crippen LogP contribution in [-0.4, -0.2) is 78.9 Å². The number of aromatic nitrogens is 4. The quantitative estimate of drug-likeness (QED) is 0.532. The molecule has 2 aromatic rings. The van der Waals surface area contributed by atoms with Gasteiger partial charge < -0.3 is 14.6 Å². The SMILES string of the molecule is CCCN(CC1CC1)C(=O)C1CCc2nnc(C3CCN(Cc4cccnc4)CC3)n2C1.O=C(O)C(F)(F)F. The van der Waals surface area contributed by atoms with E-state index in [9.17, 15) is 18.0 Å². The molecule has 0 bridgehead atoms. The van der Waals surface area contributed by atoms with Crippen molar-refractivity contribution in [3.63, 3.8) is 0 Å². The van der Waals surface area contributed by atoms with Crippen LogP contribution in [0.5, 0.6) is 0 Å². The van der Waals surface area contributed by atoms with Gasteiger partial charge in [-0.15, -0.1) is 10.2 Å². The van der Waals surface area contributed by atoms with Gasteiger partial charge in [0.1, 0.15) is 11.6 Å². The maximum atomic E-state index is 13.3. The molecular formula is C27H37F3N6O3. The van der Waals surface area contributed by atoms with Crippen LogP contribution in [0.4, 0.5) is 13.2 Å². The number of amides is 1. The van der Waals surface area contributed by atoms with Gasteiger partial charge in [-0.25, -0.2) is 4.79 Å². The number of alkyl halides is 3. The smallest absolute Gasteiger partial charge is 0.475 e. The fourth-order valence-corrected chi connectivity index (χ4v) is 5.38. The Morgan fingerprint density at radius 2 is 1.85 bits per heavy atom. The van der Waals surface area contributed by atoms with Crippen LogP contribution in [0.25, 0.3) is 0 Å². The van der Waals surface area contributed by atoms with E-state index in [1.165, 1.54) is 18.4 Å². The van der Waals surface area contributed by atoms with E-state index in [0.29, 0.717) is 11.8 Å². The highest BCUT2D eigenvalue weighted by molar-refractivity contribution is 5.79. The van der Waals surface area contributed by atoms with Crippen molar-refractivity contribution < 1.29 is 27.9 Å². The number of hydrogen-bond donors (Lipinski definition) is 1. The second-order valence-corrected chi connectivity index (χ2v) is 10.8. The van der Waals surface area contributed by atoms with Gasteiger partial charge in [-0.1, -0.05) is 13.0 Å². The monoisotopic (exact) mass is 550 g/mol. The lowest BCUT2D eigenvalue weighted by Crippen LogP contribution is -2.41. The number of carboxylic acid groups (broad SMARTS) is 1. The third-order valence-electron chi connectivity index (χ3n) is 7.63. The first-order chi connectivity index (χ1) is 18.7. The highest BCUT2D eigenvalue weighted by Gasteiger charge is 2.38. The second kappa shape index (κ2) is 12.9. The Morgan fingerprint density at radius 1 is 1.13 bits per heavy atom. The number of hydrogen-bond acceptors (Lipinski definition) is 6. The normalized spacial score (nSPS) is 20.1. The van der Waals surface area contributed by atoms with Crippen molar-refractivity contribution >= 4 is 11.9 Å². The van der Waals surface area contributed by atoms with Crippen LogP contribution < -0.4 is 0 Å². The number of carboxylic acids is 1. The number of carbonyl (C=O) groups excluding carboxylic acids is 1. The number of fused-ring (bicyclic) bond motifs is 1. The Balaban J connectivity index is 0.000000448. The molecule has 1 saturated carbocycles. The Labute approximate surface area is 226 Å². The first-order valence-electron chi connectivity index (χ1n) is 13.8. The summed E-state index contributed by atoms with van der Waals surface area (Å²) in [5.41, 5.74) is 1.27. The minimum atomic E-state index is -5.08. The zero-order valence-electron chi connectivity index (χ0n) is 22.3. The number of rotatable bonds is 8. The zero-order valence-corrected chi connectivity index (χ0v) is 22.3. The number of halogens is 3. The molecule has 4 heterocycles. The van der Waals surface area contributed by atoms with Crippen molar-refractivity contribution in [2.75, 3.05) is 26.2 Å². The van der Waals surface area contributed by atoms with Crippen molar-refractivity contribution in [3.8, 4) is 0 Å². The summed E-state index contributed by atoms with van der Waals surface area (Å²) >= 11 is 0. The molecule has 12 heteroatoms. The summed E-state index contributed by atoms with van der Waals surface area (Å²) in [6, 6.07) is 4.16. The third-order valence-corrected chi connectivity index (χ3v) is 7.63. The second-order valence-electron chi connectivity index (χ2n) is 10.8. The van der Waals surface area contributed by atoms with E-state index >= 15 is 0 Å². The van der Waals surface area contributed by atoms with E-state index in [4.69, 9.17) is 9.90 Å². The molecule has 1 aliphatic carbocycles. The number of likely N-dealkylation sites (tertiary alicyclic amines) is 1. The number of aliphatic carboxylic acids is 1. The lowest BCUT2D eigenvalue weighted by atomic mass is 9.93. The van der Waals surface area contributed by atoms with Crippen molar-refractivity contribution in [3.05, 3.63) is 41.7 Å². The fourth-order valence-electron chi connectivity index (χ4n) is 5.38. The molecule has 1 amide bonds. The van der Waals surface area contributed by atoms with Gasteiger partial charge in [-0.05, 0) is 69.2 Å². The fraction of sp³-hybridized carbons (Fsp3) is 0.667. The van der Waals surface area contributed by atoms with Crippen LogP contribution in [-0.2, 0) is 29.1 Å². The predicted octanol–water partition coefficient (Wildman–Crippen LogP) is 3.90. The Hall–Kier alpha value is -3.02. The van der Waals surface area contributed by atoms with Crippen LogP contribution in [0.1, 0.15) is 68.6 Å². The van der Waals surface area contributed by atoms with E-state index in [1.54, 1.807) is 0 Å². The van der Waals surface area contributed by atoms with E-state index in [1.807, 2.05) is 18.5 Å². The molecule has 1 atom stereocenters. The standard InChI is InChI=1S/C25H36N6O.C2HF3O2/c1-2-12-30(17-19-5-6-19)25(32)22-7-8-23-27-28-24(31(23)18-22)21-9-13-29(14-10-21)16-20-4-3-11-26-15-20;3-2(4,5)1(6)7/h3-4,11,15,19,21-22H,2,5-10,12-14,16-18H2,1H3;(H,6,7). The Kier molecular flexibility index (Phi) is 9.58. The highest BCUT2D eigenvalue weighted by atomic mass is 19.4. The summed E-state index contributed by atoms with van der Waals surface area (Å²) in [7, 11) is 0. The lowest BCUT2D eigenvalue weighted by molar-refractivity contribution is -0.192. The van der Waals surface area contributed by atoms with Gasteiger partial charge in [-0.3, -0.25) is 14.7 Å². The Bertz CT molecular complexity index is 1100. The van der Waals surface area contributed by atoms with Crippen molar-refractivity contribution in [2.45, 2.75) is 77.1 Å². The van der Waals surface area contributed by atoms with Crippen LogP contribution >= 0.6 is 0 Å². The molecule has 0 radical (unpaired) electrons. The maximum absolute atomic E-state index is 13.3. The predicted molar refractivity (Wildman–Crippen MR) is 137 cm³/mol. The van der Waals surface area contributed by atoms with E-state index in [2.05, 4.69) is 42.5 Å². The summed E-state index contributed by atoms with van der Waals surface area (Å²) < 4.78 is 34.0. The van der Waals surface area contributed by atoms with Crippen molar-refractivity contribution in [1.29, 1.82) is 0 Å². The van der Waals surface area contributed by atoms with Gasteiger partial charge in [0.05, 0.1) is 5.92 Å². The molecule has 9 nitrogen and oxygen atoms in total. The van der Waals surface area contributed by atoms with Gasteiger partial charge in [0.25, 0.3) is 0 Å². The number of carbonyl (C=O) groups is 2. The van der Waals surface area contributed by atoms with E-state index < -0.39 is 12.1 Å². The summed E-state index contributed by atoms with van der Waals surface area (Å²) in [5, 5.41) is 16.3. The minimum Gasteiger partial charge on any atom is -0.475 e. The number of piperidine rings is 1. The molecule has 1 unspecified atom stereocenters. The number of aryl methyl sites for hydroxylation is 1. The first kappa shape index (κ1) is 29.0. The van der Waals surface area contributed by atoms with E-state index in [-0.39, 0.29) is 5.92 Å². The average molecular weight is 551 g/mol. The average Bonchev–Trinajstić information content (AvgIpc) is 3.64. The van der Waals surface area contributed by atoms with Gasteiger partial charge >= 0.3 is 12.1 Å². The van der Waals surface area contributed by atoms with Crippen LogP contribution in [0.15, 0.2) is 24.5 Å². The molecule has 2 aliphatic heterocycles. The molecule has 1 saturated heterocycles. The zero-order chi connectivity index (χ0) is 28.0. The van der Waals surface area contributed by atoms with Crippen molar-refractivity contribution in [1.82, 2.24) is 29.5 Å². The van der Waals surface area contributed by atoms with Gasteiger partial charge in [0.2, 0.25) is 5.91 Å². The molecule has 39 heavy (non-hydrogen) atoms. The van der Waals surface area contributed by atoms with Crippen LogP contribution in [0.2, 0.25) is 0 Å². The van der Waals surface area contributed by atoms with Gasteiger partial charge in [0, 0.05) is 50.9 Å². The largest absolute Gasteiger partial charge is 0.490 e. The molecule has 0 spiro atoms. The lowest BCUT2D eigenvalue weighted by Gasteiger charge is -2.33. The Morgan fingerprint density at radius 3 is 2.44 bits per heavy atom. The summed E-state index contributed by atoms with van der Waals surface area (Å²) in [4.78, 5) is 31.1. The van der Waals surface area contributed by atoms with Crippen molar-refractivity contribution in [2.24, 2.45) is 11.8 Å². The minimum absolute atomic E-state index is 0.0771. The number of pyridine rings is 1. The molecular weight excluding hydrogens is 513 g/mol. The molecule has 0 aromatic carbocycles. The first-order valence-corrected chi connectivity index (χ1v) is 13.8. The molecule has 1 N–H and O–H groups in total. The van der Waals surface area contributed by atoms with Gasteiger partial charge in [-0.2, -0.15) is 13.2 Å². The molecule has 3 aliphatic rings. The number of nitrogens with zero attached hydrogens (tertiary/aromatic N) is 6. The molecule has 5 rings (SSSR count). The summed E-state index contributed by atoms with van der Waals surface area (Å²) in [5.74, 6) is 1.05. The topological polar surface area (TPSA) is 104 Å². The molecule has 2 fully saturated rings. The molecule has 214 valence electrons. The van der Waals surface area contributed by atoms with Crippen LogP contribution in [0, 0.1) is 11.8 Å². The maximum Gasteiger partial charge on any atom is 0.490 e.